The molecule has 134 valence electrons. The predicted octanol–water partition coefficient (Wildman–Crippen LogP) is 6.31. The Morgan fingerprint density at radius 1 is 0.852 bits per heavy atom. The van der Waals surface area contributed by atoms with Gasteiger partial charge in [0.25, 0.3) is 5.22 Å². The molecule has 0 N–H and O–H groups in total. The zero-order chi connectivity index (χ0) is 18.5. The van der Waals surface area contributed by atoms with Gasteiger partial charge in [0.05, 0.1) is 7.11 Å². The third-order valence-corrected chi connectivity index (χ3v) is 5.09. The molecule has 1 aromatic heterocycles. The van der Waals surface area contributed by atoms with E-state index in [2.05, 4.69) is 18.2 Å². The van der Waals surface area contributed by atoms with Gasteiger partial charge in [-0.3, -0.25) is 0 Å². The van der Waals surface area contributed by atoms with Crippen LogP contribution in [0.15, 0.2) is 94.6 Å². The first kappa shape index (κ1) is 17.4. The molecule has 0 radical (unpaired) electrons. The van der Waals surface area contributed by atoms with Crippen molar-refractivity contribution in [2.45, 2.75) is 11.0 Å². The van der Waals surface area contributed by atoms with Gasteiger partial charge >= 0.3 is 0 Å². The maximum Gasteiger partial charge on any atom is 0.257 e. The maximum absolute atomic E-state index is 6.15. The Morgan fingerprint density at radius 2 is 1.56 bits per heavy atom. The van der Waals surface area contributed by atoms with E-state index in [4.69, 9.17) is 14.1 Å². The lowest BCUT2D eigenvalue weighted by Crippen LogP contribution is -1.85. The average Bonchev–Trinajstić information content (AvgIpc) is 3.18. The normalized spacial score (nSPS) is 10.7. The minimum absolute atomic E-state index is 0.663. The monoisotopic (exact) mass is 373 g/mol. The molecule has 4 aromatic rings. The van der Waals surface area contributed by atoms with Gasteiger partial charge in [-0.05, 0) is 17.7 Å². The Bertz CT molecular complexity index is 956. The molecule has 4 rings (SSSR count). The second kappa shape index (κ2) is 8.14. The molecule has 4 heteroatoms. The second-order valence-corrected chi connectivity index (χ2v) is 6.96. The van der Waals surface area contributed by atoms with Gasteiger partial charge in [0.15, 0.2) is 5.76 Å². The van der Waals surface area contributed by atoms with Crippen molar-refractivity contribution in [1.29, 1.82) is 0 Å². The summed E-state index contributed by atoms with van der Waals surface area (Å²) in [6, 6.07) is 28.3. The number of hydrogen-bond donors (Lipinski definition) is 0. The Balaban J connectivity index is 1.65. The lowest BCUT2D eigenvalue weighted by Gasteiger charge is -2.02. The lowest BCUT2D eigenvalue weighted by molar-refractivity contribution is 0.414. The van der Waals surface area contributed by atoms with E-state index in [1.54, 1.807) is 18.9 Å². The van der Waals surface area contributed by atoms with E-state index in [1.165, 1.54) is 5.56 Å². The van der Waals surface area contributed by atoms with E-state index in [-0.39, 0.29) is 0 Å². The molecule has 0 saturated heterocycles. The SMILES string of the molecule is COc1cccc(CSc2nc(-c3ccccc3)c(-c3ccccc3)o2)c1. The van der Waals surface area contributed by atoms with Gasteiger partial charge in [0.2, 0.25) is 0 Å². The molecule has 0 unspecified atom stereocenters. The fourth-order valence-electron chi connectivity index (χ4n) is 2.85. The molecule has 3 aromatic carbocycles. The third-order valence-electron chi connectivity index (χ3n) is 4.19. The number of hydrogen-bond acceptors (Lipinski definition) is 4. The van der Waals surface area contributed by atoms with E-state index < -0.39 is 0 Å². The first-order valence-electron chi connectivity index (χ1n) is 8.71. The summed E-state index contributed by atoms with van der Waals surface area (Å²) in [5, 5.41) is 0.663. The topological polar surface area (TPSA) is 35.3 Å². The fraction of sp³-hybridized carbons (Fsp3) is 0.0870. The molecule has 3 nitrogen and oxygen atoms in total. The van der Waals surface area contributed by atoms with Gasteiger partial charge in [0.1, 0.15) is 11.4 Å². The third kappa shape index (κ3) is 4.07. The molecule has 0 amide bonds. The first-order chi connectivity index (χ1) is 13.3. The Morgan fingerprint density at radius 3 is 2.26 bits per heavy atom. The Hall–Kier alpha value is -2.98. The summed E-state index contributed by atoms with van der Waals surface area (Å²) in [6.07, 6.45) is 0. The number of thioether (sulfide) groups is 1. The summed E-state index contributed by atoms with van der Waals surface area (Å²) < 4.78 is 11.5. The van der Waals surface area contributed by atoms with Crippen LogP contribution in [-0.4, -0.2) is 12.1 Å². The molecular weight excluding hydrogens is 354 g/mol. The molecule has 0 aliphatic carbocycles. The molecule has 27 heavy (non-hydrogen) atoms. The first-order valence-corrected chi connectivity index (χ1v) is 9.69. The average molecular weight is 373 g/mol. The van der Waals surface area contributed by atoms with Crippen LogP contribution in [-0.2, 0) is 5.75 Å². The Kier molecular flexibility index (Phi) is 5.26. The van der Waals surface area contributed by atoms with Crippen LogP contribution in [0.3, 0.4) is 0 Å². The smallest absolute Gasteiger partial charge is 0.257 e. The minimum Gasteiger partial charge on any atom is -0.497 e. The maximum atomic E-state index is 6.15. The van der Waals surface area contributed by atoms with Gasteiger partial charge in [-0.25, -0.2) is 4.98 Å². The van der Waals surface area contributed by atoms with Gasteiger partial charge in [-0.2, -0.15) is 0 Å². The predicted molar refractivity (Wildman–Crippen MR) is 110 cm³/mol. The molecule has 0 atom stereocenters. The van der Waals surface area contributed by atoms with Crippen molar-refractivity contribution < 1.29 is 9.15 Å². The summed E-state index contributed by atoms with van der Waals surface area (Å²) in [6.45, 7) is 0. The standard InChI is InChI=1S/C23H19NO2S/c1-25-20-14-8-9-17(15-20)16-27-23-24-21(18-10-4-2-5-11-18)22(26-23)19-12-6-3-7-13-19/h2-15H,16H2,1H3. The minimum atomic E-state index is 0.663. The van der Waals surface area contributed by atoms with Gasteiger partial charge in [0, 0.05) is 16.9 Å². The van der Waals surface area contributed by atoms with Crippen molar-refractivity contribution in [2.24, 2.45) is 0 Å². The van der Waals surface area contributed by atoms with Crippen LogP contribution in [0.4, 0.5) is 0 Å². The summed E-state index contributed by atoms with van der Waals surface area (Å²) >= 11 is 1.58. The van der Waals surface area contributed by atoms with Gasteiger partial charge < -0.3 is 9.15 Å². The second-order valence-electron chi connectivity index (χ2n) is 6.03. The molecule has 0 saturated carbocycles. The van der Waals surface area contributed by atoms with Crippen LogP contribution in [0.2, 0.25) is 0 Å². The van der Waals surface area contributed by atoms with Crippen LogP contribution in [0.1, 0.15) is 5.56 Å². The number of rotatable bonds is 6. The molecule has 0 bridgehead atoms. The fourth-order valence-corrected chi connectivity index (χ4v) is 3.61. The van der Waals surface area contributed by atoms with Gasteiger partial charge in [-0.1, -0.05) is 84.6 Å². The quantitative estimate of drug-likeness (QED) is 0.371. The number of benzene rings is 3. The lowest BCUT2D eigenvalue weighted by atomic mass is 10.1. The molecule has 0 spiro atoms. The largest absolute Gasteiger partial charge is 0.497 e. The number of methoxy groups -OCH3 is 1. The van der Waals surface area contributed by atoms with Crippen LogP contribution in [0.25, 0.3) is 22.6 Å². The van der Waals surface area contributed by atoms with Crippen LogP contribution < -0.4 is 4.74 Å². The molecule has 0 aliphatic heterocycles. The van der Waals surface area contributed by atoms with Crippen molar-refractivity contribution in [2.75, 3.05) is 7.11 Å². The highest BCUT2D eigenvalue weighted by Crippen LogP contribution is 2.36. The zero-order valence-corrected chi connectivity index (χ0v) is 15.8. The van der Waals surface area contributed by atoms with Crippen molar-refractivity contribution in [3.63, 3.8) is 0 Å². The highest BCUT2D eigenvalue weighted by molar-refractivity contribution is 7.98. The summed E-state index contributed by atoms with van der Waals surface area (Å²) in [5.41, 5.74) is 4.11. The molecule has 1 heterocycles. The van der Waals surface area contributed by atoms with Crippen LogP contribution in [0.5, 0.6) is 5.75 Å². The molecular formula is C23H19NO2S. The van der Waals surface area contributed by atoms with E-state index in [1.807, 2.05) is 66.7 Å². The zero-order valence-electron chi connectivity index (χ0n) is 15.0. The molecule has 0 aliphatic rings. The number of ether oxygens (including phenoxy) is 1. The summed E-state index contributed by atoms with van der Waals surface area (Å²) in [4.78, 5) is 4.78. The Labute approximate surface area is 163 Å². The summed E-state index contributed by atoms with van der Waals surface area (Å²) in [7, 11) is 1.68. The van der Waals surface area contributed by atoms with E-state index in [9.17, 15) is 0 Å². The highest BCUT2D eigenvalue weighted by Gasteiger charge is 2.17. The summed E-state index contributed by atoms with van der Waals surface area (Å²) in [5.74, 6) is 2.42. The molecule has 0 fully saturated rings. The van der Waals surface area contributed by atoms with Crippen molar-refractivity contribution in [1.82, 2.24) is 4.98 Å². The van der Waals surface area contributed by atoms with E-state index in [0.717, 1.165) is 34.1 Å². The number of aromatic nitrogens is 1. The number of oxazole rings is 1. The van der Waals surface area contributed by atoms with Crippen molar-refractivity contribution in [3.8, 4) is 28.3 Å². The van der Waals surface area contributed by atoms with Gasteiger partial charge in [-0.15, -0.1) is 0 Å². The van der Waals surface area contributed by atoms with Crippen LogP contribution in [0, 0.1) is 0 Å². The van der Waals surface area contributed by atoms with Crippen molar-refractivity contribution in [3.05, 3.63) is 90.5 Å². The van der Waals surface area contributed by atoms with Crippen molar-refractivity contribution >= 4 is 11.8 Å². The van der Waals surface area contributed by atoms with E-state index >= 15 is 0 Å². The highest BCUT2D eigenvalue weighted by atomic mass is 32.2. The number of nitrogens with zero attached hydrogens (tertiary/aromatic N) is 1. The van der Waals surface area contributed by atoms with E-state index in [0.29, 0.717) is 5.22 Å². The van der Waals surface area contributed by atoms with Crippen LogP contribution >= 0.6 is 11.8 Å².